The van der Waals surface area contributed by atoms with Crippen LogP contribution in [0.5, 0.6) is 0 Å². The van der Waals surface area contributed by atoms with Gasteiger partial charge in [0.1, 0.15) is 12.9 Å². The summed E-state index contributed by atoms with van der Waals surface area (Å²) in [5, 5.41) is 4.25. The molecule has 0 aromatic rings. The highest BCUT2D eigenvalue weighted by Crippen LogP contribution is 2.74. The van der Waals surface area contributed by atoms with Crippen LogP contribution in [0.2, 0.25) is 0 Å². The molecule has 7 atom stereocenters. The van der Waals surface area contributed by atoms with Crippen molar-refractivity contribution in [2.75, 3.05) is 7.11 Å². The SMILES string of the molecule is CO/N=C1/C=C2CCC3C(CCC4(C)C3CC3CCCCC34C(C)=O)C2(C)CC1. The molecular weight excluding hydrogens is 358 g/mol. The van der Waals surface area contributed by atoms with E-state index in [9.17, 15) is 4.79 Å². The average Bonchev–Trinajstić information content (AvgIpc) is 2.98. The van der Waals surface area contributed by atoms with Gasteiger partial charge in [-0.15, -0.1) is 0 Å². The Hall–Kier alpha value is -1.12. The van der Waals surface area contributed by atoms with Crippen LogP contribution >= 0.6 is 0 Å². The van der Waals surface area contributed by atoms with Crippen LogP contribution in [0.3, 0.4) is 0 Å². The van der Waals surface area contributed by atoms with E-state index in [0.717, 1.165) is 36.3 Å². The highest BCUT2D eigenvalue weighted by molar-refractivity contribution is 5.96. The molecule has 0 N–H and O–H groups in total. The van der Waals surface area contributed by atoms with Crippen molar-refractivity contribution >= 4 is 11.5 Å². The number of allylic oxidation sites excluding steroid dienone is 2. The summed E-state index contributed by atoms with van der Waals surface area (Å²) in [6, 6.07) is 0. The van der Waals surface area contributed by atoms with E-state index in [1.807, 2.05) is 6.92 Å². The predicted octanol–water partition coefficient (Wildman–Crippen LogP) is 6.33. The van der Waals surface area contributed by atoms with Crippen molar-refractivity contribution in [3.8, 4) is 0 Å². The van der Waals surface area contributed by atoms with Gasteiger partial charge in [0, 0.05) is 5.41 Å². The van der Waals surface area contributed by atoms with Crippen molar-refractivity contribution in [2.24, 2.45) is 45.1 Å². The minimum absolute atomic E-state index is 0.0111. The highest BCUT2D eigenvalue weighted by atomic mass is 16.6. The molecule has 0 bridgehead atoms. The van der Waals surface area contributed by atoms with Crippen LogP contribution in [0.25, 0.3) is 0 Å². The van der Waals surface area contributed by atoms with Crippen LogP contribution in [-0.2, 0) is 9.63 Å². The summed E-state index contributed by atoms with van der Waals surface area (Å²) >= 11 is 0. The topological polar surface area (TPSA) is 38.7 Å². The number of rotatable bonds is 2. The molecule has 0 heterocycles. The molecule has 7 unspecified atom stereocenters. The standard InChI is InChI=1S/C26H39NO2/c1-17(28)26-12-6-5-7-19(26)16-23-21-9-8-18-15-20(27-29-4)10-13-24(18,2)22(21)11-14-25(23,26)3/h15,19,21-23H,5-14,16H2,1-4H3/b27-20+. The Morgan fingerprint density at radius 3 is 2.66 bits per heavy atom. The third-order valence-electron chi connectivity index (χ3n) is 10.8. The lowest BCUT2D eigenvalue weighted by molar-refractivity contribution is -0.147. The normalized spacial score (nSPS) is 50.1. The van der Waals surface area contributed by atoms with E-state index in [0.29, 0.717) is 17.1 Å². The number of fused-ring (bicyclic) bond motifs is 7. The predicted molar refractivity (Wildman–Crippen MR) is 117 cm³/mol. The fraction of sp³-hybridized carbons (Fsp3) is 0.846. The third-order valence-corrected chi connectivity index (χ3v) is 10.8. The van der Waals surface area contributed by atoms with E-state index in [4.69, 9.17) is 4.84 Å². The van der Waals surface area contributed by atoms with Crippen molar-refractivity contribution in [1.29, 1.82) is 0 Å². The van der Waals surface area contributed by atoms with Crippen molar-refractivity contribution in [1.82, 2.24) is 0 Å². The molecular formula is C26H39NO2. The fourth-order valence-corrected chi connectivity index (χ4v) is 9.56. The zero-order valence-electron chi connectivity index (χ0n) is 18.9. The summed E-state index contributed by atoms with van der Waals surface area (Å²) in [6.45, 7) is 7.02. The number of nitrogens with zero attached hydrogens (tertiary/aromatic N) is 1. The summed E-state index contributed by atoms with van der Waals surface area (Å²) < 4.78 is 0. The summed E-state index contributed by atoms with van der Waals surface area (Å²) in [7, 11) is 1.66. The van der Waals surface area contributed by atoms with Gasteiger partial charge in [-0.1, -0.05) is 37.4 Å². The van der Waals surface area contributed by atoms with Crippen LogP contribution < -0.4 is 0 Å². The molecule has 0 amide bonds. The maximum absolute atomic E-state index is 13.2. The van der Waals surface area contributed by atoms with Gasteiger partial charge < -0.3 is 4.84 Å². The molecule has 5 rings (SSSR count). The molecule has 3 nitrogen and oxygen atoms in total. The Labute approximate surface area is 176 Å². The van der Waals surface area contributed by atoms with E-state index in [1.165, 1.54) is 57.8 Å². The number of hydrogen-bond donors (Lipinski definition) is 0. The molecule has 3 heteroatoms. The lowest BCUT2D eigenvalue weighted by Gasteiger charge is -2.60. The van der Waals surface area contributed by atoms with Gasteiger partial charge in [0.15, 0.2) is 0 Å². The summed E-state index contributed by atoms with van der Waals surface area (Å²) in [5.74, 6) is 3.51. The van der Waals surface area contributed by atoms with E-state index in [-0.39, 0.29) is 10.8 Å². The molecule has 0 radical (unpaired) electrons. The van der Waals surface area contributed by atoms with Gasteiger partial charge in [-0.05, 0) is 105 Å². The Morgan fingerprint density at radius 2 is 1.90 bits per heavy atom. The van der Waals surface area contributed by atoms with E-state index in [2.05, 4.69) is 25.1 Å². The first-order valence-electron chi connectivity index (χ1n) is 12.2. The van der Waals surface area contributed by atoms with Crippen LogP contribution in [0.15, 0.2) is 16.8 Å². The quantitative estimate of drug-likeness (QED) is 0.511. The molecule has 5 aliphatic rings. The lowest BCUT2D eigenvalue weighted by atomic mass is 9.44. The molecule has 5 aliphatic carbocycles. The monoisotopic (exact) mass is 397 g/mol. The van der Waals surface area contributed by atoms with Gasteiger partial charge >= 0.3 is 0 Å². The first-order valence-corrected chi connectivity index (χ1v) is 12.2. The third kappa shape index (κ3) is 2.48. The largest absolute Gasteiger partial charge is 0.399 e. The van der Waals surface area contributed by atoms with Gasteiger partial charge in [0.25, 0.3) is 0 Å². The molecule has 160 valence electrons. The zero-order chi connectivity index (χ0) is 20.4. The maximum atomic E-state index is 13.2. The van der Waals surface area contributed by atoms with Gasteiger partial charge in [0.2, 0.25) is 0 Å². The van der Waals surface area contributed by atoms with Crippen molar-refractivity contribution in [2.45, 2.75) is 91.4 Å². The molecule has 0 saturated heterocycles. The zero-order valence-corrected chi connectivity index (χ0v) is 18.9. The van der Waals surface area contributed by atoms with Gasteiger partial charge in [-0.2, -0.15) is 0 Å². The Kier molecular flexibility index (Phi) is 4.57. The van der Waals surface area contributed by atoms with E-state index in [1.54, 1.807) is 12.7 Å². The fourth-order valence-electron chi connectivity index (χ4n) is 9.56. The first kappa shape index (κ1) is 19.8. The molecule has 0 aliphatic heterocycles. The van der Waals surface area contributed by atoms with E-state index < -0.39 is 0 Å². The van der Waals surface area contributed by atoms with Gasteiger partial charge in [-0.25, -0.2) is 0 Å². The summed E-state index contributed by atoms with van der Waals surface area (Å²) in [5.41, 5.74) is 3.30. The molecule has 4 fully saturated rings. The van der Waals surface area contributed by atoms with Gasteiger partial charge in [-0.3, -0.25) is 4.79 Å². The minimum Gasteiger partial charge on any atom is -0.399 e. The second-order valence-corrected chi connectivity index (χ2v) is 11.4. The number of carbonyl (C=O) groups is 1. The van der Waals surface area contributed by atoms with Crippen molar-refractivity contribution in [3.63, 3.8) is 0 Å². The Morgan fingerprint density at radius 1 is 1.07 bits per heavy atom. The second-order valence-electron chi connectivity index (χ2n) is 11.4. The molecule has 0 spiro atoms. The molecule has 0 aromatic heterocycles. The molecule has 0 aromatic carbocycles. The van der Waals surface area contributed by atoms with Crippen LogP contribution in [-0.4, -0.2) is 18.6 Å². The first-order chi connectivity index (χ1) is 13.9. The Balaban J connectivity index is 1.50. The number of Topliss-reactive ketones (excluding diaryl/α,β-unsaturated/α-hetero) is 1. The highest BCUT2D eigenvalue weighted by Gasteiger charge is 2.69. The van der Waals surface area contributed by atoms with Crippen LogP contribution in [0.4, 0.5) is 0 Å². The van der Waals surface area contributed by atoms with Crippen molar-refractivity contribution in [3.05, 3.63) is 11.6 Å². The van der Waals surface area contributed by atoms with Crippen molar-refractivity contribution < 1.29 is 9.63 Å². The summed E-state index contributed by atoms with van der Waals surface area (Å²) in [4.78, 5) is 18.2. The second kappa shape index (κ2) is 6.69. The maximum Gasteiger partial charge on any atom is 0.136 e. The number of hydrogen-bond acceptors (Lipinski definition) is 3. The number of oxime groups is 1. The Bertz CT molecular complexity index is 769. The van der Waals surface area contributed by atoms with Crippen LogP contribution in [0, 0.1) is 39.9 Å². The average molecular weight is 398 g/mol. The van der Waals surface area contributed by atoms with Gasteiger partial charge in [0.05, 0.1) is 5.71 Å². The van der Waals surface area contributed by atoms with Crippen LogP contribution in [0.1, 0.15) is 91.4 Å². The smallest absolute Gasteiger partial charge is 0.136 e. The summed E-state index contributed by atoms with van der Waals surface area (Å²) in [6.07, 6.45) is 16.1. The minimum atomic E-state index is -0.0111. The molecule has 29 heavy (non-hydrogen) atoms. The molecule has 4 saturated carbocycles. The van der Waals surface area contributed by atoms with E-state index >= 15 is 0 Å². The lowest BCUT2D eigenvalue weighted by Crippen LogP contribution is -2.55. The number of ketones is 1. The number of carbonyl (C=O) groups excluding carboxylic acids is 1.